The van der Waals surface area contributed by atoms with Crippen LogP contribution in [0.1, 0.15) is 24.9 Å². The number of hydrogen-bond acceptors (Lipinski definition) is 3. The van der Waals surface area contributed by atoms with Crippen molar-refractivity contribution in [3.8, 4) is 0 Å². The average molecular weight is 247 g/mol. The lowest BCUT2D eigenvalue weighted by Gasteiger charge is -2.34. The third-order valence-electron chi connectivity index (χ3n) is 3.44. The summed E-state index contributed by atoms with van der Waals surface area (Å²) in [6.45, 7) is 4.59. The first-order chi connectivity index (χ1) is 8.68. The first-order valence-corrected chi connectivity index (χ1v) is 6.49. The van der Waals surface area contributed by atoms with E-state index in [1.165, 1.54) is 0 Å². The average Bonchev–Trinajstić information content (AvgIpc) is 2.40. The molecule has 0 radical (unpaired) electrons. The van der Waals surface area contributed by atoms with Gasteiger partial charge in [0.15, 0.2) is 0 Å². The van der Waals surface area contributed by atoms with Crippen LogP contribution in [0.15, 0.2) is 30.3 Å². The Morgan fingerprint density at radius 3 is 2.89 bits per heavy atom. The number of hydrogen-bond donors (Lipinski definition) is 2. The molecule has 1 aliphatic heterocycles. The number of carbonyl (C=O) groups excluding carboxylic acids is 1. The molecule has 1 amide bonds. The molecule has 0 aliphatic carbocycles. The largest absolute Gasteiger partial charge is 0.337 e. The molecular formula is C14H21N3O. The molecule has 4 heteroatoms. The van der Waals surface area contributed by atoms with Crippen molar-refractivity contribution in [3.63, 3.8) is 0 Å². The lowest BCUT2D eigenvalue weighted by Crippen LogP contribution is -2.52. The summed E-state index contributed by atoms with van der Waals surface area (Å²) in [6, 6.07) is 9.85. The maximum Gasteiger partial charge on any atom is 0.224 e. The molecule has 1 aliphatic rings. The van der Waals surface area contributed by atoms with Crippen LogP contribution in [0.5, 0.6) is 0 Å². The Labute approximate surface area is 108 Å². The summed E-state index contributed by atoms with van der Waals surface area (Å²) < 4.78 is 0. The van der Waals surface area contributed by atoms with Crippen LogP contribution in [0.3, 0.4) is 0 Å². The summed E-state index contributed by atoms with van der Waals surface area (Å²) in [5.41, 5.74) is 7.11. The minimum Gasteiger partial charge on any atom is -0.337 e. The van der Waals surface area contributed by atoms with E-state index < -0.39 is 0 Å². The molecule has 1 fully saturated rings. The molecular weight excluding hydrogens is 226 g/mol. The fourth-order valence-electron chi connectivity index (χ4n) is 2.34. The van der Waals surface area contributed by atoms with Gasteiger partial charge >= 0.3 is 0 Å². The van der Waals surface area contributed by atoms with Crippen LogP contribution in [0.2, 0.25) is 0 Å². The van der Waals surface area contributed by atoms with Gasteiger partial charge in [-0.15, -0.1) is 0 Å². The van der Waals surface area contributed by atoms with Crippen molar-refractivity contribution in [3.05, 3.63) is 35.9 Å². The number of rotatable bonds is 3. The topological polar surface area (TPSA) is 58.4 Å². The van der Waals surface area contributed by atoms with Gasteiger partial charge in [-0.3, -0.25) is 4.79 Å². The molecule has 18 heavy (non-hydrogen) atoms. The van der Waals surface area contributed by atoms with Gasteiger partial charge in [0.25, 0.3) is 0 Å². The summed E-state index contributed by atoms with van der Waals surface area (Å²) >= 11 is 0. The molecule has 2 atom stereocenters. The van der Waals surface area contributed by atoms with Crippen molar-refractivity contribution in [1.29, 1.82) is 0 Å². The van der Waals surface area contributed by atoms with Gasteiger partial charge in [-0.05, 0) is 12.5 Å². The zero-order chi connectivity index (χ0) is 13.0. The normalized spacial score (nSPS) is 21.7. The smallest absolute Gasteiger partial charge is 0.224 e. The molecule has 3 N–H and O–H groups in total. The summed E-state index contributed by atoms with van der Waals surface area (Å²) in [4.78, 5) is 14.1. The number of nitrogens with two attached hydrogens (primary N) is 1. The predicted molar refractivity (Wildman–Crippen MR) is 72.0 cm³/mol. The fraction of sp³-hybridized carbons (Fsp3) is 0.500. The highest BCUT2D eigenvalue weighted by Crippen LogP contribution is 2.16. The van der Waals surface area contributed by atoms with E-state index >= 15 is 0 Å². The number of benzene rings is 1. The fourth-order valence-corrected chi connectivity index (χ4v) is 2.34. The van der Waals surface area contributed by atoms with Crippen LogP contribution in [0.4, 0.5) is 0 Å². The SMILES string of the molecule is C[C@H]1CNCCN1C(=O)C[C@H](N)c1ccccc1. The van der Waals surface area contributed by atoms with Crippen molar-refractivity contribution in [1.82, 2.24) is 10.2 Å². The van der Waals surface area contributed by atoms with Gasteiger partial charge in [-0.25, -0.2) is 0 Å². The van der Waals surface area contributed by atoms with E-state index in [1.54, 1.807) is 0 Å². The lowest BCUT2D eigenvalue weighted by atomic mass is 10.0. The van der Waals surface area contributed by atoms with Gasteiger partial charge in [0.05, 0.1) is 0 Å². The van der Waals surface area contributed by atoms with Crippen LogP contribution in [-0.4, -0.2) is 36.5 Å². The number of amides is 1. The third kappa shape index (κ3) is 3.09. The molecule has 98 valence electrons. The molecule has 0 unspecified atom stereocenters. The van der Waals surface area contributed by atoms with E-state index in [2.05, 4.69) is 12.2 Å². The maximum absolute atomic E-state index is 12.2. The number of nitrogens with one attached hydrogen (secondary N) is 1. The Hall–Kier alpha value is -1.39. The Balaban J connectivity index is 1.94. The maximum atomic E-state index is 12.2. The van der Waals surface area contributed by atoms with Gasteiger partial charge < -0.3 is 16.0 Å². The van der Waals surface area contributed by atoms with E-state index in [0.717, 1.165) is 25.2 Å². The first-order valence-electron chi connectivity index (χ1n) is 6.49. The van der Waals surface area contributed by atoms with Crippen LogP contribution >= 0.6 is 0 Å². The van der Waals surface area contributed by atoms with E-state index in [9.17, 15) is 4.79 Å². The summed E-state index contributed by atoms with van der Waals surface area (Å²) in [7, 11) is 0. The van der Waals surface area contributed by atoms with Crippen molar-refractivity contribution in [2.75, 3.05) is 19.6 Å². The van der Waals surface area contributed by atoms with Crippen molar-refractivity contribution >= 4 is 5.91 Å². The van der Waals surface area contributed by atoms with Gasteiger partial charge in [0, 0.05) is 38.1 Å². The Bertz CT molecular complexity index is 393. The van der Waals surface area contributed by atoms with Crippen LogP contribution in [0.25, 0.3) is 0 Å². The van der Waals surface area contributed by atoms with E-state index in [1.807, 2.05) is 35.2 Å². The van der Waals surface area contributed by atoms with Crippen LogP contribution in [0, 0.1) is 0 Å². The third-order valence-corrected chi connectivity index (χ3v) is 3.44. The second-order valence-electron chi connectivity index (χ2n) is 4.86. The van der Waals surface area contributed by atoms with Gasteiger partial charge in [-0.1, -0.05) is 30.3 Å². The van der Waals surface area contributed by atoms with E-state index in [0.29, 0.717) is 6.42 Å². The minimum absolute atomic E-state index is 0.153. The van der Waals surface area contributed by atoms with Gasteiger partial charge in [0.2, 0.25) is 5.91 Å². The minimum atomic E-state index is -0.208. The monoisotopic (exact) mass is 247 g/mol. The molecule has 1 saturated heterocycles. The number of carbonyl (C=O) groups is 1. The van der Waals surface area contributed by atoms with Crippen molar-refractivity contribution < 1.29 is 4.79 Å². The molecule has 0 saturated carbocycles. The molecule has 0 bridgehead atoms. The number of piperazine rings is 1. The van der Waals surface area contributed by atoms with Crippen LogP contribution < -0.4 is 11.1 Å². The Morgan fingerprint density at radius 2 is 2.22 bits per heavy atom. The highest BCUT2D eigenvalue weighted by molar-refractivity contribution is 5.77. The molecule has 0 aromatic heterocycles. The van der Waals surface area contributed by atoms with Gasteiger partial charge in [-0.2, -0.15) is 0 Å². The highest BCUT2D eigenvalue weighted by Gasteiger charge is 2.24. The molecule has 2 rings (SSSR count). The van der Waals surface area contributed by atoms with Crippen molar-refractivity contribution in [2.45, 2.75) is 25.4 Å². The van der Waals surface area contributed by atoms with Crippen molar-refractivity contribution in [2.24, 2.45) is 5.73 Å². The van der Waals surface area contributed by atoms with E-state index in [-0.39, 0.29) is 18.0 Å². The molecule has 4 nitrogen and oxygen atoms in total. The molecule has 0 spiro atoms. The molecule has 1 aromatic rings. The zero-order valence-electron chi connectivity index (χ0n) is 10.8. The highest BCUT2D eigenvalue weighted by atomic mass is 16.2. The van der Waals surface area contributed by atoms with E-state index in [4.69, 9.17) is 5.73 Å². The predicted octanol–water partition coefficient (Wildman–Crippen LogP) is 0.897. The van der Waals surface area contributed by atoms with Crippen LogP contribution in [-0.2, 0) is 4.79 Å². The quantitative estimate of drug-likeness (QED) is 0.834. The molecule has 1 heterocycles. The first kappa shape index (κ1) is 13.1. The zero-order valence-corrected chi connectivity index (χ0v) is 10.8. The Kier molecular flexibility index (Phi) is 4.33. The number of nitrogens with zero attached hydrogens (tertiary/aromatic N) is 1. The summed E-state index contributed by atoms with van der Waals surface area (Å²) in [6.07, 6.45) is 0.383. The lowest BCUT2D eigenvalue weighted by molar-refractivity contribution is -0.134. The Morgan fingerprint density at radius 1 is 1.50 bits per heavy atom. The summed E-state index contributed by atoms with van der Waals surface area (Å²) in [5, 5.41) is 3.28. The second-order valence-corrected chi connectivity index (χ2v) is 4.86. The van der Waals surface area contributed by atoms with Gasteiger partial charge in [0.1, 0.15) is 0 Å². The second kappa shape index (κ2) is 5.98. The molecule has 1 aromatic carbocycles. The summed E-state index contributed by atoms with van der Waals surface area (Å²) in [5.74, 6) is 0.153. The standard InChI is InChI=1S/C14H21N3O/c1-11-10-16-7-8-17(11)14(18)9-13(15)12-5-3-2-4-6-12/h2-6,11,13,16H,7-10,15H2,1H3/t11-,13-/m0/s1.